The summed E-state index contributed by atoms with van der Waals surface area (Å²) in [6.07, 6.45) is 5.14. The summed E-state index contributed by atoms with van der Waals surface area (Å²) in [6, 6.07) is 2.21. The molecule has 0 bridgehead atoms. The van der Waals surface area contributed by atoms with Crippen LogP contribution >= 0.6 is 0 Å². The fourth-order valence-corrected chi connectivity index (χ4v) is 2.86. The number of hydrogen-bond acceptors (Lipinski definition) is 4. The molecule has 1 unspecified atom stereocenters. The summed E-state index contributed by atoms with van der Waals surface area (Å²) in [7, 11) is 0. The number of nitrogens with zero attached hydrogens (tertiary/aromatic N) is 3. The average molecular weight is 264 g/mol. The lowest BCUT2D eigenvalue weighted by Gasteiger charge is -2.36. The lowest BCUT2D eigenvalue weighted by molar-refractivity contribution is -0.135. The smallest absolute Gasteiger partial charge is 0.239 e. The number of carbonyl (C=O) groups is 1. The lowest BCUT2D eigenvalue weighted by Crippen LogP contribution is -2.54. The molecule has 0 aromatic rings. The summed E-state index contributed by atoms with van der Waals surface area (Å²) >= 11 is 0. The Bertz CT molecular complexity index is 323. The van der Waals surface area contributed by atoms with E-state index < -0.39 is 0 Å². The second kappa shape index (κ2) is 7.46. The van der Waals surface area contributed by atoms with Crippen molar-refractivity contribution >= 4 is 5.91 Å². The van der Waals surface area contributed by atoms with Gasteiger partial charge >= 0.3 is 0 Å². The Labute approximate surface area is 115 Å². The van der Waals surface area contributed by atoms with Crippen LogP contribution in [-0.2, 0) is 4.79 Å². The summed E-state index contributed by atoms with van der Waals surface area (Å²) in [5, 5.41) is 12.0. The molecule has 0 spiro atoms. The van der Waals surface area contributed by atoms with E-state index in [0.29, 0.717) is 6.42 Å². The highest BCUT2D eigenvalue weighted by Crippen LogP contribution is 2.12. The van der Waals surface area contributed by atoms with Gasteiger partial charge in [0.05, 0.1) is 12.1 Å². The van der Waals surface area contributed by atoms with E-state index in [9.17, 15) is 4.79 Å². The molecule has 106 valence electrons. The Morgan fingerprint density at radius 3 is 2.74 bits per heavy atom. The van der Waals surface area contributed by atoms with Crippen molar-refractivity contribution in [3.63, 3.8) is 0 Å². The van der Waals surface area contributed by atoms with Crippen LogP contribution in [0, 0.1) is 11.3 Å². The Kier molecular flexibility index (Phi) is 5.62. The molecule has 1 amide bonds. The summed E-state index contributed by atoms with van der Waals surface area (Å²) in [5.74, 6) is 0.279. The maximum atomic E-state index is 12.4. The van der Waals surface area contributed by atoms with E-state index in [2.05, 4.69) is 16.3 Å². The Balaban J connectivity index is 1.77. The molecule has 5 nitrogen and oxygen atoms in total. The van der Waals surface area contributed by atoms with Gasteiger partial charge in [-0.2, -0.15) is 5.26 Å². The molecule has 1 atom stereocenters. The summed E-state index contributed by atoms with van der Waals surface area (Å²) < 4.78 is 0. The number of nitrogens with one attached hydrogen (secondary N) is 1. The van der Waals surface area contributed by atoms with Gasteiger partial charge in [0.25, 0.3) is 0 Å². The molecule has 2 aliphatic heterocycles. The van der Waals surface area contributed by atoms with Gasteiger partial charge < -0.3 is 10.2 Å². The lowest BCUT2D eigenvalue weighted by atomic mass is 10.1. The van der Waals surface area contributed by atoms with Gasteiger partial charge in [-0.1, -0.05) is 12.8 Å². The van der Waals surface area contributed by atoms with E-state index in [0.717, 1.165) is 52.1 Å². The van der Waals surface area contributed by atoms with Crippen LogP contribution in [0.15, 0.2) is 0 Å². The second-order valence-corrected chi connectivity index (χ2v) is 5.43. The third-order valence-electron chi connectivity index (χ3n) is 4.08. The van der Waals surface area contributed by atoms with Crippen LogP contribution in [-0.4, -0.2) is 61.0 Å². The number of hydrogen-bond donors (Lipinski definition) is 1. The maximum Gasteiger partial charge on any atom is 0.239 e. The topological polar surface area (TPSA) is 59.4 Å². The summed E-state index contributed by atoms with van der Waals surface area (Å²) in [5.41, 5.74) is 0. The van der Waals surface area contributed by atoms with Crippen LogP contribution in [0.5, 0.6) is 0 Å². The number of rotatable bonds is 3. The molecule has 0 saturated carbocycles. The van der Waals surface area contributed by atoms with Gasteiger partial charge in [0.1, 0.15) is 0 Å². The highest BCUT2D eigenvalue weighted by atomic mass is 16.2. The first-order chi connectivity index (χ1) is 9.31. The van der Waals surface area contributed by atoms with E-state index in [1.807, 2.05) is 4.90 Å². The molecule has 0 radical (unpaired) electrons. The van der Waals surface area contributed by atoms with Crippen molar-refractivity contribution in [2.75, 3.05) is 39.3 Å². The second-order valence-electron chi connectivity index (χ2n) is 5.43. The molecule has 2 heterocycles. The van der Waals surface area contributed by atoms with Crippen molar-refractivity contribution in [3.05, 3.63) is 0 Å². The van der Waals surface area contributed by atoms with Crippen LogP contribution < -0.4 is 5.32 Å². The van der Waals surface area contributed by atoms with Crippen molar-refractivity contribution in [1.82, 2.24) is 15.1 Å². The fourth-order valence-electron chi connectivity index (χ4n) is 2.86. The molecule has 2 rings (SSSR count). The minimum Gasteiger partial charge on any atom is -0.339 e. The zero-order chi connectivity index (χ0) is 13.5. The highest BCUT2D eigenvalue weighted by Gasteiger charge is 2.27. The zero-order valence-corrected chi connectivity index (χ0v) is 11.6. The first-order valence-electron chi connectivity index (χ1n) is 7.43. The van der Waals surface area contributed by atoms with Crippen LogP contribution in [0.4, 0.5) is 0 Å². The van der Waals surface area contributed by atoms with Crippen molar-refractivity contribution in [2.24, 2.45) is 0 Å². The van der Waals surface area contributed by atoms with E-state index >= 15 is 0 Å². The van der Waals surface area contributed by atoms with Gasteiger partial charge in [0.2, 0.25) is 5.91 Å². The number of piperazine rings is 1. The van der Waals surface area contributed by atoms with Crippen molar-refractivity contribution in [2.45, 2.75) is 38.1 Å². The van der Waals surface area contributed by atoms with Crippen LogP contribution in [0.3, 0.4) is 0 Å². The van der Waals surface area contributed by atoms with Gasteiger partial charge in [-0.15, -0.1) is 0 Å². The third kappa shape index (κ3) is 4.19. The van der Waals surface area contributed by atoms with Crippen LogP contribution in [0.25, 0.3) is 0 Å². The van der Waals surface area contributed by atoms with E-state index in [4.69, 9.17) is 5.26 Å². The summed E-state index contributed by atoms with van der Waals surface area (Å²) in [4.78, 5) is 16.7. The van der Waals surface area contributed by atoms with Crippen molar-refractivity contribution < 1.29 is 4.79 Å². The minimum absolute atomic E-state index is 0.0353. The van der Waals surface area contributed by atoms with Gasteiger partial charge in [-0.3, -0.25) is 9.69 Å². The van der Waals surface area contributed by atoms with Crippen LogP contribution in [0.1, 0.15) is 32.1 Å². The predicted molar refractivity (Wildman–Crippen MR) is 73.5 cm³/mol. The average Bonchev–Trinajstić information content (AvgIpc) is 2.74. The predicted octanol–water partition coefficient (Wildman–Crippen LogP) is 0.576. The highest BCUT2D eigenvalue weighted by molar-refractivity contribution is 5.82. The molecule has 1 N–H and O–H groups in total. The van der Waals surface area contributed by atoms with Crippen LogP contribution in [0.2, 0.25) is 0 Å². The molecule has 5 heteroatoms. The molecule has 2 saturated heterocycles. The molecular weight excluding hydrogens is 240 g/mol. The zero-order valence-electron chi connectivity index (χ0n) is 11.6. The number of carbonyl (C=O) groups excluding carboxylic acids is 1. The first-order valence-corrected chi connectivity index (χ1v) is 7.43. The quantitative estimate of drug-likeness (QED) is 0.810. The normalized spacial score (nSPS) is 25.6. The Hall–Kier alpha value is -1.12. The SMILES string of the molecule is N#CCCN1CCN(C(=O)C2CCCCCN2)CC1. The Morgan fingerprint density at radius 1 is 1.21 bits per heavy atom. The van der Waals surface area contributed by atoms with Crippen molar-refractivity contribution in [1.29, 1.82) is 5.26 Å². The molecule has 0 aromatic carbocycles. The van der Waals surface area contributed by atoms with Gasteiger partial charge in [0.15, 0.2) is 0 Å². The fraction of sp³-hybridized carbons (Fsp3) is 0.857. The van der Waals surface area contributed by atoms with E-state index in [-0.39, 0.29) is 11.9 Å². The molecule has 2 aliphatic rings. The van der Waals surface area contributed by atoms with Gasteiger partial charge in [0, 0.05) is 39.1 Å². The number of amides is 1. The maximum absolute atomic E-state index is 12.4. The Morgan fingerprint density at radius 2 is 2.00 bits per heavy atom. The van der Waals surface area contributed by atoms with Crippen molar-refractivity contribution in [3.8, 4) is 6.07 Å². The van der Waals surface area contributed by atoms with Gasteiger partial charge in [-0.25, -0.2) is 0 Å². The molecule has 0 aliphatic carbocycles. The van der Waals surface area contributed by atoms with E-state index in [1.165, 1.54) is 12.8 Å². The monoisotopic (exact) mass is 264 g/mol. The molecular formula is C14H24N4O. The third-order valence-corrected chi connectivity index (χ3v) is 4.08. The molecule has 19 heavy (non-hydrogen) atoms. The van der Waals surface area contributed by atoms with E-state index in [1.54, 1.807) is 0 Å². The minimum atomic E-state index is 0.0353. The first kappa shape index (κ1) is 14.3. The van der Waals surface area contributed by atoms with Gasteiger partial charge in [-0.05, 0) is 19.4 Å². The molecule has 0 aromatic heterocycles. The molecule has 2 fully saturated rings. The largest absolute Gasteiger partial charge is 0.339 e. The number of nitriles is 1. The standard InChI is InChI=1S/C14H24N4O/c15-6-4-8-17-9-11-18(12-10-17)14(19)13-5-2-1-3-7-16-13/h13,16H,1-5,7-12H2. The summed E-state index contributed by atoms with van der Waals surface area (Å²) in [6.45, 7) is 5.23.